The average Bonchev–Trinajstić information content (AvgIpc) is 2.71. The van der Waals surface area contributed by atoms with Crippen LogP contribution in [0.1, 0.15) is 10.4 Å². The number of esters is 1. The summed E-state index contributed by atoms with van der Waals surface area (Å²) in [6.07, 6.45) is 0.887. The molecule has 0 saturated heterocycles. The lowest BCUT2D eigenvalue weighted by Crippen LogP contribution is -2.19. The van der Waals surface area contributed by atoms with E-state index in [0.717, 1.165) is 25.5 Å². The fourth-order valence-electron chi connectivity index (χ4n) is 2.70. The first-order valence-corrected chi connectivity index (χ1v) is 11.6. The van der Waals surface area contributed by atoms with Gasteiger partial charge in [0.2, 0.25) is 5.75 Å². The molecule has 0 unspecified atom stereocenters. The van der Waals surface area contributed by atoms with Crippen molar-refractivity contribution < 1.29 is 40.6 Å². The summed E-state index contributed by atoms with van der Waals surface area (Å²) in [5, 5.41) is 0. The van der Waals surface area contributed by atoms with Crippen molar-refractivity contribution in [3.8, 4) is 17.2 Å². The first kappa shape index (κ1) is 23.3. The Morgan fingerprint density at radius 3 is 1.90 bits per heavy atom. The Balaban J connectivity index is 2.81. The van der Waals surface area contributed by atoms with Gasteiger partial charge in [-0.05, 0) is 12.1 Å². The normalized spacial score (nSPS) is 11.5. The molecule has 0 aliphatic heterocycles. The molecule has 0 atom stereocenters. The second kappa shape index (κ2) is 8.79. The SMILES string of the molecule is COC(=O)c1cc(OC)c(OC)c(OC)c1NS(=O)(=O)c1ccccc1S(C)(=O)=O. The van der Waals surface area contributed by atoms with Crippen molar-refractivity contribution in [3.05, 3.63) is 35.9 Å². The van der Waals surface area contributed by atoms with Gasteiger partial charge >= 0.3 is 5.97 Å². The van der Waals surface area contributed by atoms with Gasteiger partial charge in [-0.3, -0.25) is 4.72 Å². The fourth-order valence-corrected chi connectivity index (χ4v) is 5.41. The molecule has 0 radical (unpaired) electrons. The van der Waals surface area contributed by atoms with Crippen LogP contribution in [0.2, 0.25) is 0 Å². The molecule has 0 bridgehead atoms. The number of sulfonamides is 1. The largest absolute Gasteiger partial charge is 0.493 e. The number of carbonyl (C=O) groups excluding carboxylic acids is 1. The summed E-state index contributed by atoms with van der Waals surface area (Å²) in [6, 6.07) is 6.27. The molecule has 164 valence electrons. The van der Waals surface area contributed by atoms with Gasteiger partial charge in [0.15, 0.2) is 21.3 Å². The highest BCUT2D eigenvalue weighted by Gasteiger charge is 2.30. The van der Waals surface area contributed by atoms with Gasteiger partial charge in [-0.1, -0.05) is 12.1 Å². The highest BCUT2D eigenvalue weighted by molar-refractivity contribution is 7.95. The first-order chi connectivity index (χ1) is 14.0. The third-order valence-corrected chi connectivity index (χ3v) is 6.70. The average molecular weight is 459 g/mol. The molecular formula is C18H21NO9S2. The standard InChI is InChI=1S/C18H21NO9S2/c1-25-12-10-11(18(20)28-4)15(17(27-3)16(12)26-2)19-30(23,24)14-9-7-6-8-13(14)29(5,21)22/h6-10,19H,1-5H3. The van der Waals surface area contributed by atoms with E-state index in [9.17, 15) is 21.6 Å². The summed E-state index contributed by atoms with van der Waals surface area (Å²) in [4.78, 5) is 11.4. The Bertz CT molecular complexity index is 1170. The van der Waals surface area contributed by atoms with Crippen LogP contribution >= 0.6 is 0 Å². The number of nitrogens with one attached hydrogen (secondary N) is 1. The van der Waals surface area contributed by atoms with Crippen LogP contribution < -0.4 is 18.9 Å². The van der Waals surface area contributed by atoms with E-state index in [-0.39, 0.29) is 28.5 Å². The maximum atomic E-state index is 13.1. The number of methoxy groups -OCH3 is 4. The van der Waals surface area contributed by atoms with E-state index in [1.165, 1.54) is 39.5 Å². The number of ether oxygens (including phenoxy) is 4. The molecule has 0 saturated carbocycles. The molecule has 10 nitrogen and oxygen atoms in total. The van der Waals surface area contributed by atoms with Crippen LogP contribution in [-0.2, 0) is 24.6 Å². The van der Waals surface area contributed by atoms with Gasteiger partial charge in [0.25, 0.3) is 10.0 Å². The summed E-state index contributed by atoms with van der Waals surface area (Å²) < 4.78 is 72.9. The van der Waals surface area contributed by atoms with E-state index in [4.69, 9.17) is 18.9 Å². The number of rotatable bonds is 8. The Hall–Kier alpha value is -2.99. The zero-order valence-electron chi connectivity index (χ0n) is 16.9. The second-order valence-electron chi connectivity index (χ2n) is 5.88. The number of carbonyl (C=O) groups is 1. The minimum atomic E-state index is -4.48. The Labute approximate surface area is 174 Å². The minimum Gasteiger partial charge on any atom is -0.493 e. The van der Waals surface area contributed by atoms with Gasteiger partial charge in [-0.2, -0.15) is 0 Å². The van der Waals surface area contributed by atoms with E-state index in [0.29, 0.717) is 0 Å². The molecule has 12 heteroatoms. The van der Waals surface area contributed by atoms with Crippen molar-refractivity contribution in [1.82, 2.24) is 0 Å². The lowest BCUT2D eigenvalue weighted by molar-refractivity contribution is 0.0601. The van der Waals surface area contributed by atoms with Crippen molar-refractivity contribution in [2.24, 2.45) is 0 Å². The molecule has 30 heavy (non-hydrogen) atoms. The maximum absolute atomic E-state index is 13.1. The van der Waals surface area contributed by atoms with Crippen LogP contribution in [0.3, 0.4) is 0 Å². The van der Waals surface area contributed by atoms with Gasteiger partial charge < -0.3 is 18.9 Å². The van der Waals surface area contributed by atoms with E-state index >= 15 is 0 Å². The fraction of sp³-hybridized carbons (Fsp3) is 0.278. The van der Waals surface area contributed by atoms with Gasteiger partial charge in [-0.15, -0.1) is 0 Å². The Morgan fingerprint density at radius 2 is 1.43 bits per heavy atom. The Morgan fingerprint density at radius 1 is 0.867 bits per heavy atom. The molecule has 2 aromatic carbocycles. The number of hydrogen-bond acceptors (Lipinski definition) is 9. The van der Waals surface area contributed by atoms with E-state index in [2.05, 4.69) is 4.72 Å². The molecule has 0 heterocycles. The highest BCUT2D eigenvalue weighted by Crippen LogP contribution is 2.46. The molecule has 0 aliphatic carbocycles. The van der Waals surface area contributed by atoms with Crippen LogP contribution in [0, 0.1) is 0 Å². The van der Waals surface area contributed by atoms with E-state index < -0.39 is 35.6 Å². The maximum Gasteiger partial charge on any atom is 0.340 e. The molecule has 1 N–H and O–H groups in total. The van der Waals surface area contributed by atoms with Crippen molar-refractivity contribution >= 4 is 31.5 Å². The van der Waals surface area contributed by atoms with Crippen LogP contribution in [0.5, 0.6) is 17.2 Å². The predicted molar refractivity (Wildman–Crippen MR) is 108 cm³/mol. The molecular weight excluding hydrogens is 438 g/mol. The zero-order chi connectivity index (χ0) is 22.7. The summed E-state index contributed by atoms with van der Waals surface area (Å²) in [5.41, 5.74) is -0.530. The lowest BCUT2D eigenvalue weighted by Gasteiger charge is -2.20. The predicted octanol–water partition coefficient (Wildman–Crippen LogP) is 1.70. The quantitative estimate of drug-likeness (QED) is 0.585. The van der Waals surface area contributed by atoms with Gasteiger partial charge in [0.05, 0.1) is 38.9 Å². The molecule has 0 fully saturated rings. The molecule has 0 spiro atoms. The zero-order valence-corrected chi connectivity index (χ0v) is 18.5. The summed E-state index contributed by atoms with van der Waals surface area (Å²) in [5.74, 6) is -0.933. The van der Waals surface area contributed by atoms with Crippen molar-refractivity contribution in [2.45, 2.75) is 9.79 Å². The molecule has 0 amide bonds. The van der Waals surface area contributed by atoms with E-state index in [1.54, 1.807) is 0 Å². The van der Waals surface area contributed by atoms with Crippen LogP contribution in [-0.4, -0.2) is 57.5 Å². The van der Waals surface area contributed by atoms with Crippen molar-refractivity contribution in [3.63, 3.8) is 0 Å². The van der Waals surface area contributed by atoms with Gasteiger partial charge in [0.1, 0.15) is 10.6 Å². The number of anilines is 1. The summed E-state index contributed by atoms with van der Waals surface area (Å²) in [6.45, 7) is 0. The number of benzene rings is 2. The van der Waals surface area contributed by atoms with Crippen LogP contribution in [0.15, 0.2) is 40.1 Å². The number of sulfone groups is 1. The topological polar surface area (TPSA) is 134 Å². The van der Waals surface area contributed by atoms with Crippen molar-refractivity contribution in [1.29, 1.82) is 0 Å². The molecule has 2 rings (SSSR count). The highest BCUT2D eigenvalue weighted by atomic mass is 32.2. The molecule has 2 aromatic rings. The first-order valence-electron chi connectivity index (χ1n) is 8.25. The Kier molecular flexibility index (Phi) is 6.83. The van der Waals surface area contributed by atoms with E-state index in [1.807, 2.05) is 0 Å². The van der Waals surface area contributed by atoms with Crippen LogP contribution in [0.25, 0.3) is 0 Å². The van der Waals surface area contributed by atoms with Crippen LogP contribution in [0.4, 0.5) is 5.69 Å². The monoisotopic (exact) mass is 459 g/mol. The lowest BCUT2D eigenvalue weighted by atomic mass is 10.1. The third kappa shape index (κ3) is 4.44. The smallest absolute Gasteiger partial charge is 0.340 e. The summed E-state index contributed by atoms with van der Waals surface area (Å²) >= 11 is 0. The molecule has 0 aromatic heterocycles. The van der Waals surface area contributed by atoms with Gasteiger partial charge in [0, 0.05) is 12.3 Å². The molecule has 0 aliphatic rings. The number of hydrogen-bond donors (Lipinski definition) is 1. The third-order valence-electron chi connectivity index (χ3n) is 4.01. The minimum absolute atomic E-state index is 0.0155. The summed E-state index contributed by atoms with van der Waals surface area (Å²) in [7, 11) is -3.37. The van der Waals surface area contributed by atoms with Crippen molar-refractivity contribution in [2.75, 3.05) is 39.4 Å². The van der Waals surface area contributed by atoms with Gasteiger partial charge in [-0.25, -0.2) is 21.6 Å². The second-order valence-corrected chi connectivity index (χ2v) is 9.52.